The van der Waals surface area contributed by atoms with Crippen LogP contribution in [0.4, 0.5) is 0 Å². The first-order valence-corrected chi connectivity index (χ1v) is 7.79. The summed E-state index contributed by atoms with van der Waals surface area (Å²) in [5.41, 5.74) is 0.858. The summed E-state index contributed by atoms with van der Waals surface area (Å²) >= 11 is 0. The minimum absolute atomic E-state index is 0.0387. The smallest absolute Gasteiger partial charge is 0.242 e. The summed E-state index contributed by atoms with van der Waals surface area (Å²) < 4.78 is 1.42. The van der Waals surface area contributed by atoms with Crippen molar-refractivity contribution in [2.75, 3.05) is 6.61 Å². The molecule has 3 rings (SSSR count). The van der Waals surface area contributed by atoms with Gasteiger partial charge in [-0.2, -0.15) is 5.10 Å². The molecule has 0 saturated heterocycles. The SMILES string of the molecule is O=C(Cn1cnc(-c2ccccc2)n1)N[C@H]1C[C@@H](CO)[C@H](O)[C@@H]1O. The predicted molar refractivity (Wildman–Crippen MR) is 84.6 cm³/mol. The highest BCUT2D eigenvalue weighted by Crippen LogP contribution is 2.26. The van der Waals surface area contributed by atoms with E-state index in [1.807, 2.05) is 30.3 Å². The molecular formula is C16H20N4O4. The van der Waals surface area contributed by atoms with Gasteiger partial charge in [0.25, 0.3) is 0 Å². The number of hydrogen-bond acceptors (Lipinski definition) is 6. The largest absolute Gasteiger partial charge is 0.396 e. The molecule has 1 aliphatic rings. The normalized spacial score (nSPS) is 26.5. The number of benzene rings is 1. The van der Waals surface area contributed by atoms with Gasteiger partial charge >= 0.3 is 0 Å². The third-order valence-corrected chi connectivity index (χ3v) is 4.26. The molecule has 1 aromatic carbocycles. The van der Waals surface area contributed by atoms with Crippen molar-refractivity contribution < 1.29 is 20.1 Å². The summed E-state index contributed by atoms with van der Waals surface area (Å²) in [5.74, 6) is -0.240. The van der Waals surface area contributed by atoms with Crippen LogP contribution in [0.25, 0.3) is 11.4 Å². The van der Waals surface area contributed by atoms with Gasteiger partial charge in [0.15, 0.2) is 5.82 Å². The van der Waals surface area contributed by atoms with E-state index in [0.29, 0.717) is 12.2 Å². The van der Waals surface area contributed by atoms with Gasteiger partial charge < -0.3 is 20.6 Å². The molecule has 24 heavy (non-hydrogen) atoms. The van der Waals surface area contributed by atoms with Crippen molar-refractivity contribution in [2.24, 2.45) is 5.92 Å². The van der Waals surface area contributed by atoms with Gasteiger partial charge in [-0.25, -0.2) is 9.67 Å². The summed E-state index contributed by atoms with van der Waals surface area (Å²) in [6, 6.07) is 8.84. The number of rotatable bonds is 5. The van der Waals surface area contributed by atoms with E-state index >= 15 is 0 Å². The summed E-state index contributed by atoms with van der Waals surface area (Å²) in [6.07, 6.45) is -0.312. The quantitative estimate of drug-likeness (QED) is 0.567. The first-order chi connectivity index (χ1) is 11.6. The van der Waals surface area contributed by atoms with Crippen LogP contribution < -0.4 is 5.32 Å². The monoisotopic (exact) mass is 332 g/mol. The maximum absolute atomic E-state index is 12.1. The van der Waals surface area contributed by atoms with Crippen molar-refractivity contribution in [3.8, 4) is 11.4 Å². The lowest BCUT2D eigenvalue weighted by atomic mass is 10.1. The molecule has 8 heteroatoms. The second kappa shape index (κ2) is 7.08. The summed E-state index contributed by atoms with van der Waals surface area (Å²) in [6.45, 7) is -0.267. The molecule has 2 aromatic rings. The van der Waals surface area contributed by atoms with Gasteiger partial charge in [0, 0.05) is 18.1 Å². The van der Waals surface area contributed by atoms with E-state index in [2.05, 4.69) is 15.4 Å². The molecule has 4 N–H and O–H groups in total. The van der Waals surface area contributed by atoms with Gasteiger partial charge in [-0.05, 0) is 6.42 Å². The van der Waals surface area contributed by atoms with E-state index < -0.39 is 24.2 Å². The molecule has 8 nitrogen and oxygen atoms in total. The van der Waals surface area contributed by atoms with Gasteiger partial charge in [0.05, 0.1) is 12.1 Å². The molecule has 0 bridgehead atoms. The zero-order valence-electron chi connectivity index (χ0n) is 13.0. The zero-order chi connectivity index (χ0) is 17.1. The maximum atomic E-state index is 12.1. The number of nitrogens with zero attached hydrogens (tertiary/aromatic N) is 3. The molecule has 0 aliphatic heterocycles. The molecule has 1 saturated carbocycles. The third-order valence-electron chi connectivity index (χ3n) is 4.26. The van der Waals surface area contributed by atoms with Gasteiger partial charge in [0.1, 0.15) is 19.0 Å². The van der Waals surface area contributed by atoms with Crippen LogP contribution in [0.3, 0.4) is 0 Å². The van der Waals surface area contributed by atoms with E-state index in [1.54, 1.807) is 0 Å². The van der Waals surface area contributed by atoms with Gasteiger partial charge in [-0.15, -0.1) is 0 Å². The van der Waals surface area contributed by atoms with Crippen LogP contribution in [0.1, 0.15) is 6.42 Å². The highest BCUT2D eigenvalue weighted by molar-refractivity contribution is 5.76. The fourth-order valence-electron chi connectivity index (χ4n) is 2.94. The van der Waals surface area contributed by atoms with E-state index in [-0.39, 0.29) is 19.1 Å². The molecule has 0 radical (unpaired) electrons. The van der Waals surface area contributed by atoms with Crippen molar-refractivity contribution in [1.82, 2.24) is 20.1 Å². The minimum atomic E-state index is -1.08. The predicted octanol–water partition coefficient (Wildman–Crippen LogP) is -0.836. The molecule has 128 valence electrons. The second-order valence-corrected chi connectivity index (χ2v) is 5.97. The Kier molecular flexibility index (Phi) is 4.89. The Morgan fingerprint density at radius 2 is 2.00 bits per heavy atom. The lowest BCUT2D eigenvalue weighted by Crippen LogP contribution is -2.44. The standard InChI is InChI=1S/C16H20N4O4/c21-8-11-6-12(15(24)14(11)23)18-13(22)7-20-9-17-16(19-20)10-4-2-1-3-5-10/h1-5,9,11-12,14-15,21,23-24H,6-8H2,(H,18,22)/t11-,12-,14-,15+/m0/s1. The summed E-state index contributed by atoms with van der Waals surface area (Å²) in [7, 11) is 0. The maximum Gasteiger partial charge on any atom is 0.242 e. The highest BCUT2D eigenvalue weighted by Gasteiger charge is 2.41. The lowest BCUT2D eigenvalue weighted by Gasteiger charge is -2.17. The second-order valence-electron chi connectivity index (χ2n) is 5.97. The number of aliphatic hydroxyl groups is 3. The van der Waals surface area contributed by atoms with E-state index in [9.17, 15) is 15.0 Å². The molecular weight excluding hydrogens is 312 g/mol. The number of nitrogens with one attached hydrogen (secondary N) is 1. The molecule has 1 fully saturated rings. The van der Waals surface area contributed by atoms with Crippen molar-refractivity contribution in [2.45, 2.75) is 31.2 Å². The van der Waals surface area contributed by atoms with Crippen LogP contribution in [0.2, 0.25) is 0 Å². The van der Waals surface area contributed by atoms with Gasteiger partial charge in [-0.1, -0.05) is 30.3 Å². The van der Waals surface area contributed by atoms with Crippen molar-refractivity contribution >= 4 is 5.91 Å². The Hall–Kier alpha value is -2.29. The number of carbonyl (C=O) groups is 1. The molecule has 0 spiro atoms. The third kappa shape index (κ3) is 3.45. The van der Waals surface area contributed by atoms with Crippen molar-refractivity contribution in [3.63, 3.8) is 0 Å². The van der Waals surface area contributed by atoms with Crippen molar-refractivity contribution in [3.05, 3.63) is 36.7 Å². The van der Waals surface area contributed by atoms with E-state index in [1.165, 1.54) is 11.0 Å². The lowest BCUT2D eigenvalue weighted by molar-refractivity contribution is -0.123. The Morgan fingerprint density at radius 3 is 2.67 bits per heavy atom. The number of amides is 1. The molecule has 4 atom stereocenters. The first-order valence-electron chi connectivity index (χ1n) is 7.79. The van der Waals surface area contributed by atoms with Crippen LogP contribution in [0, 0.1) is 5.92 Å². The molecule has 1 aromatic heterocycles. The number of carbonyl (C=O) groups excluding carboxylic acids is 1. The molecule has 0 unspecified atom stereocenters. The van der Waals surface area contributed by atoms with Gasteiger partial charge in [-0.3, -0.25) is 4.79 Å². The number of aromatic nitrogens is 3. The number of aliphatic hydroxyl groups excluding tert-OH is 3. The Labute approximate surface area is 138 Å². The summed E-state index contributed by atoms with van der Waals surface area (Å²) in [4.78, 5) is 16.3. The fourth-order valence-corrected chi connectivity index (χ4v) is 2.94. The highest BCUT2D eigenvalue weighted by atomic mass is 16.3. The summed E-state index contributed by atoms with van der Waals surface area (Å²) in [5, 5.41) is 35.8. The first kappa shape index (κ1) is 16.6. The van der Waals surface area contributed by atoms with Crippen LogP contribution in [0.5, 0.6) is 0 Å². The molecule has 1 amide bonds. The Bertz CT molecular complexity index is 690. The van der Waals surface area contributed by atoms with Crippen LogP contribution >= 0.6 is 0 Å². The average Bonchev–Trinajstić information content (AvgIpc) is 3.15. The minimum Gasteiger partial charge on any atom is -0.396 e. The zero-order valence-corrected chi connectivity index (χ0v) is 13.0. The fraction of sp³-hybridized carbons (Fsp3) is 0.438. The topological polar surface area (TPSA) is 121 Å². The Morgan fingerprint density at radius 1 is 1.25 bits per heavy atom. The van der Waals surface area contributed by atoms with E-state index in [0.717, 1.165) is 5.56 Å². The average molecular weight is 332 g/mol. The van der Waals surface area contributed by atoms with Crippen LogP contribution in [-0.4, -0.2) is 60.8 Å². The van der Waals surface area contributed by atoms with Crippen LogP contribution in [-0.2, 0) is 11.3 Å². The van der Waals surface area contributed by atoms with Crippen LogP contribution in [0.15, 0.2) is 36.7 Å². The Balaban J connectivity index is 1.59. The molecule has 1 heterocycles. The van der Waals surface area contributed by atoms with E-state index in [4.69, 9.17) is 5.11 Å². The van der Waals surface area contributed by atoms with Gasteiger partial charge in [0.2, 0.25) is 5.91 Å². The number of hydrogen-bond donors (Lipinski definition) is 4. The molecule has 1 aliphatic carbocycles. The van der Waals surface area contributed by atoms with Crippen molar-refractivity contribution in [1.29, 1.82) is 0 Å².